The Hall–Kier alpha value is -2.68. The van der Waals surface area contributed by atoms with Crippen molar-refractivity contribution >= 4 is 23.5 Å². The summed E-state index contributed by atoms with van der Waals surface area (Å²) in [5, 5.41) is 15.9. The minimum Gasteiger partial charge on any atom is -0.481 e. The van der Waals surface area contributed by atoms with Crippen LogP contribution in [0.1, 0.15) is 22.0 Å². The Labute approximate surface area is 146 Å². The standard InChI is InChI=1S/C15H14ClF2N3O4/c1-21-12(25-15(17)18)6-11(20-21)13(22)19-7-10(14(23)24)8-2-4-9(16)5-3-8/h2-6,10,15H,7H2,1H3,(H,19,22)(H,23,24). The Morgan fingerprint density at radius 1 is 1.36 bits per heavy atom. The van der Waals surface area contributed by atoms with E-state index >= 15 is 0 Å². The van der Waals surface area contributed by atoms with Crippen LogP contribution in [0.3, 0.4) is 0 Å². The maximum absolute atomic E-state index is 12.2. The molecule has 1 amide bonds. The quantitative estimate of drug-likeness (QED) is 0.776. The van der Waals surface area contributed by atoms with E-state index in [1.54, 1.807) is 24.3 Å². The lowest BCUT2D eigenvalue weighted by molar-refractivity contribution is -0.138. The van der Waals surface area contributed by atoms with E-state index in [4.69, 9.17) is 11.6 Å². The summed E-state index contributed by atoms with van der Waals surface area (Å²) in [4.78, 5) is 23.5. The molecule has 134 valence electrons. The van der Waals surface area contributed by atoms with Crippen molar-refractivity contribution in [1.82, 2.24) is 15.1 Å². The van der Waals surface area contributed by atoms with Crippen molar-refractivity contribution in [3.8, 4) is 5.88 Å². The number of carbonyl (C=O) groups is 2. The van der Waals surface area contributed by atoms with Crippen LogP contribution < -0.4 is 10.1 Å². The van der Waals surface area contributed by atoms with Crippen LogP contribution in [-0.2, 0) is 11.8 Å². The van der Waals surface area contributed by atoms with E-state index in [0.717, 1.165) is 10.7 Å². The van der Waals surface area contributed by atoms with Crippen LogP contribution in [0.4, 0.5) is 8.78 Å². The Morgan fingerprint density at radius 3 is 2.56 bits per heavy atom. The van der Waals surface area contributed by atoms with Crippen LogP contribution in [0.15, 0.2) is 30.3 Å². The van der Waals surface area contributed by atoms with E-state index in [2.05, 4.69) is 15.2 Å². The summed E-state index contributed by atoms with van der Waals surface area (Å²) in [5.41, 5.74) is 0.290. The van der Waals surface area contributed by atoms with Gasteiger partial charge in [0, 0.05) is 24.7 Å². The van der Waals surface area contributed by atoms with Gasteiger partial charge in [0.15, 0.2) is 5.69 Å². The highest BCUT2D eigenvalue weighted by molar-refractivity contribution is 6.30. The normalized spacial score (nSPS) is 12.0. The second-order valence-electron chi connectivity index (χ2n) is 5.02. The van der Waals surface area contributed by atoms with Gasteiger partial charge in [0.05, 0.1) is 5.92 Å². The Bertz CT molecular complexity index is 765. The number of aromatic nitrogens is 2. The molecule has 0 aliphatic rings. The van der Waals surface area contributed by atoms with Crippen molar-refractivity contribution in [2.24, 2.45) is 7.05 Å². The number of aliphatic carboxylic acids is 1. The first-order chi connectivity index (χ1) is 11.8. The molecule has 0 bridgehead atoms. The third-order valence-electron chi connectivity index (χ3n) is 3.32. The van der Waals surface area contributed by atoms with Gasteiger partial charge >= 0.3 is 12.6 Å². The van der Waals surface area contributed by atoms with Crippen molar-refractivity contribution in [2.45, 2.75) is 12.5 Å². The fourth-order valence-electron chi connectivity index (χ4n) is 2.09. The zero-order valence-electron chi connectivity index (χ0n) is 12.9. The number of amides is 1. The van der Waals surface area contributed by atoms with Crippen LogP contribution in [-0.4, -0.2) is 39.9 Å². The van der Waals surface area contributed by atoms with E-state index in [1.165, 1.54) is 7.05 Å². The first kappa shape index (κ1) is 18.7. The van der Waals surface area contributed by atoms with Crippen molar-refractivity contribution in [2.75, 3.05) is 6.54 Å². The lowest BCUT2D eigenvalue weighted by Gasteiger charge is -2.13. The zero-order chi connectivity index (χ0) is 18.6. The molecule has 0 saturated heterocycles. The predicted octanol–water partition coefficient (Wildman–Crippen LogP) is 2.27. The average molecular weight is 374 g/mol. The molecule has 2 rings (SSSR count). The van der Waals surface area contributed by atoms with Gasteiger partial charge in [-0.05, 0) is 17.7 Å². The van der Waals surface area contributed by atoms with Crippen molar-refractivity contribution in [1.29, 1.82) is 0 Å². The van der Waals surface area contributed by atoms with Crippen LogP contribution in [0, 0.1) is 0 Å². The Kier molecular flexibility index (Phi) is 5.92. The summed E-state index contributed by atoms with van der Waals surface area (Å²) in [7, 11) is 1.34. The highest BCUT2D eigenvalue weighted by atomic mass is 35.5. The number of halogens is 3. The van der Waals surface area contributed by atoms with Crippen LogP contribution in [0.2, 0.25) is 5.02 Å². The third-order valence-corrected chi connectivity index (χ3v) is 3.57. The summed E-state index contributed by atoms with van der Waals surface area (Å²) in [6, 6.07) is 7.22. The Balaban J connectivity index is 2.06. The maximum atomic E-state index is 12.2. The number of alkyl halides is 2. The minimum absolute atomic E-state index is 0.168. The highest BCUT2D eigenvalue weighted by Gasteiger charge is 2.22. The van der Waals surface area contributed by atoms with Gasteiger partial charge in [-0.25, -0.2) is 4.68 Å². The fraction of sp³-hybridized carbons (Fsp3) is 0.267. The van der Waals surface area contributed by atoms with E-state index < -0.39 is 24.4 Å². The van der Waals surface area contributed by atoms with Crippen LogP contribution >= 0.6 is 11.6 Å². The molecule has 1 aromatic carbocycles. The topological polar surface area (TPSA) is 93.5 Å². The molecule has 0 fully saturated rings. The lowest BCUT2D eigenvalue weighted by atomic mass is 9.99. The summed E-state index contributed by atoms with van der Waals surface area (Å²) in [6.45, 7) is -3.26. The smallest absolute Gasteiger partial charge is 0.388 e. The predicted molar refractivity (Wildman–Crippen MR) is 84.0 cm³/mol. The van der Waals surface area contributed by atoms with Gasteiger partial charge in [-0.3, -0.25) is 9.59 Å². The van der Waals surface area contributed by atoms with Gasteiger partial charge in [-0.1, -0.05) is 23.7 Å². The Morgan fingerprint density at radius 2 is 2.00 bits per heavy atom. The monoisotopic (exact) mass is 373 g/mol. The lowest BCUT2D eigenvalue weighted by Crippen LogP contribution is -2.32. The van der Waals surface area contributed by atoms with Crippen LogP contribution in [0.25, 0.3) is 0 Å². The van der Waals surface area contributed by atoms with Crippen molar-refractivity contribution < 1.29 is 28.2 Å². The second kappa shape index (κ2) is 7.93. The van der Waals surface area contributed by atoms with Crippen molar-refractivity contribution in [3.05, 3.63) is 46.6 Å². The number of nitrogens with one attached hydrogen (secondary N) is 1. The molecule has 10 heteroatoms. The molecule has 2 N–H and O–H groups in total. The number of hydrogen-bond acceptors (Lipinski definition) is 4. The molecule has 0 radical (unpaired) electrons. The largest absolute Gasteiger partial charge is 0.481 e. The number of ether oxygens (including phenoxy) is 1. The number of hydrogen-bond donors (Lipinski definition) is 2. The first-order valence-electron chi connectivity index (χ1n) is 7.03. The molecular formula is C15H14ClF2N3O4. The van der Waals surface area contributed by atoms with E-state index in [1.807, 2.05) is 0 Å². The third kappa shape index (κ3) is 4.90. The molecule has 7 nitrogen and oxygen atoms in total. The van der Waals surface area contributed by atoms with Gasteiger partial charge in [-0.15, -0.1) is 0 Å². The number of benzene rings is 1. The van der Waals surface area contributed by atoms with Gasteiger partial charge in [-0.2, -0.15) is 13.9 Å². The van der Waals surface area contributed by atoms with Crippen molar-refractivity contribution in [3.63, 3.8) is 0 Å². The minimum atomic E-state index is -3.05. The molecule has 2 aromatic rings. The molecule has 1 heterocycles. The van der Waals surface area contributed by atoms with Gasteiger partial charge in [0.2, 0.25) is 5.88 Å². The molecule has 0 saturated carbocycles. The molecule has 0 aliphatic carbocycles. The number of carboxylic acids is 1. The molecule has 25 heavy (non-hydrogen) atoms. The number of carbonyl (C=O) groups excluding carboxylic acids is 1. The summed E-state index contributed by atoms with van der Waals surface area (Å²) in [5.74, 6) is -3.13. The van der Waals surface area contributed by atoms with E-state index in [9.17, 15) is 23.5 Å². The van der Waals surface area contributed by atoms with Crippen LogP contribution in [0.5, 0.6) is 5.88 Å². The summed E-state index contributed by atoms with van der Waals surface area (Å²) >= 11 is 5.76. The van der Waals surface area contributed by atoms with Gasteiger partial charge in [0.1, 0.15) is 0 Å². The molecule has 1 aromatic heterocycles. The number of rotatable bonds is 7. The SMILES string of the molecule is Cn1nc(C(=O)NCC(C(=O)O)c2ccc(Cl)cc2)cc1OC(F)F. The number of carboxylic acid groups (broad SMARTS) is 1. The molecule has 0 spiro atoms. The molecule has 0 aliphatic heterocycles. The highest BCUT2D eigenvalue weighted by Crippen LogP contribution is 2.19. The maximum Gasteiger partial charge on any atom is 0.388 e. The first-order valence-corrected chi connectivity index (χ1v) is 7.41. The second-order valence-corrected chi connectivity index (χ2v) is 5.46. The average Bonchev–Trinajstić information content (AvgIpc) is 2.89. The van der Waals surface area contributed by atoms with E-state index in [-0.39, 0.29) is 18.1 Å². The summed E-state index contributed by atoms with van der Waals surface area (Å²) in [6.07, 6.45) is 0. The van der Waals surface area contributed by atoms with Gasteiger partial charge < -0.3 is 15.2 Å². The molecular weight excluding hydrogens is 360 g/mol. The molecule has 1 atom stereocenters. The number of nitrogens with zero attached hydrogens (tertiary/aromatic N) is 2. The number of aryl methyl sites for hydroxylation is 1. The zero-order valence-corrected chi connectivity index (χ0v) is 13.7. The van der Waals surface area contributed by atoms with Gasteiger partial charge in [0.25, 0.3) is 5.91 Å². The fourth-order valence-corrected chi connectivity index (χ4v) is 2.22. The summed E-state index contributed by atoms with van der Waals surface area (Å²) < 4.78 is 29.6. The molecule has 1 unspecified atom stereocenters. The van der Waals surface area contributed by atoms with E-state index in [0.29, 0.717) is 10.6 Å².